The highest BCUT2D eigenvalue weighted by Crippen LogP contribution is 2.41. The Morgan fingerprint density at radius 1 is 0.829 bits per heavy atom. The van der Waals surface area contributed by atoms with Crippen LogP contribution in [0.25, 0.3) is 10.8 Å². The summed E-state index contributed by atoms with van der Waals surface area (Å²) in [6.07, 6.45) is 6.94. The van der Waals surface area contributed by atoms with E-state index in [9.17, 15) is 14.4 Å². The summed E-state index contributed by atoms with van der Waals surface area (Å²) in [4.78, 5) is 39.7. The average molecular weight is 484 g/mol. The number of rotatable bonds is 12. The summed E-state index contributed by atoms with van der Waals surface area (Å²) in [5, 5.41) is 1.18. The molecule has 1 heterocycles. The SMILES string of the molecule is CCCCCCCCOc1ccc2c3c(ccc(OC)c13)C(=O)N(CCOC(=O)C(C)(C)C)C2=O. The van der Waals surface area contributed by atoms with Gasteiger partial charge >= 0.3 is 5.97 Å². The summed E-state index contributed by atoms with van der Waals surface area (Å²) in [6, 6.07) is 6.87. The minimum absolute atomic E-state index is 0.0112. The molecule has 0 spiro atoms. The number of benzene rings is 2. The Morgan fingerprint density at radius 2 is 1.43 bits per heavy atom. The van der Waals surface area contributed by atoms with Gasteiger partial charge in [-0.05, 0) is 51.5 Å². The van der Waals surface area contributed by atoms with Crippen molar-refractivity contribution in [3.63, 3.8) is 0 Å². The summed E-state index contributed by atoms with van der Waals surface area (Å²) in [5.74, 6) is -0.0697. The number of carbonyl (C=O) groups excluding carboxylic acids is 3. The number of imide groups is 1. The predicted octanol–water partition coefficient (Wildman–Crippen LogP) is 5.77. The molecule has 0 aliphatic carbocycles. The summed E-state index contributed by atoms with van der Waals surface area (Å²) in [5.41, 5.74) is 0.154. The first-order valence-electron chi connectivity index (χ1n) is 12.5. The fraction of sp³-hybridized carbons (Fsp3) is 0.536. The summed E-state index contributed by atoms with van der Waals surface area (Å²) >= 11 is 0. The number of methoxy groups -OCH3 is 1. The fourth-order valence-electron chi connectivity index (χ4n) is 4.18. The molecule has 0 N–H and O–H groups in total. The molecule has 0 bridgehead atoms. The third kappa shape index (κ3) is 5.95. The van der Waals surface area contributed by atoms with Gasteiger partial charge in [-0.1, -0.05) is 39.0 Å². The highest BCUT2D eigenvalue weighted by molar-refractivity contribution is 6.26. The highest BCUT2D eigenvalue weighted by atomic mass is 16.5. The summed E-state index contributed by atoms with van der Waals surface area (Å²) in [6.45, 7) is 7.95. The van der Waals surface area contributed by atoms with E-state index in [0.717, 1.165) is 17.7 Å². The standard InChI is InChI=1S/C28H37NO6/c1-6-7-8-9-10-11-17-34-22-15-13-20-23-19(12-14-21(33-5)24(22)23)25(30)29(26(20)31)16-18-35-27(32)28(2,3)4/h12-15H,6-11,16-18H2,1-5H3. The molecule has 3 rings (SSSR count). The first kappa shape index (κ1) is 26.5. The molecule has 0 saturated carbocycles. The Kier molecular flexibility index (Phi) is 8.76. The van der Waals surface area contributed by atoms with E-state index in [-0.39, 0.29) is 19.1 Å². The van der Waals surface area contributed by atoms with Crippen molar-refractivity contribution in [1.82, 2.24) is 4.90 Å². The van der Waals surface area contributed by atoms with Gasteiger partial charge in [-0.25, -0.2) is 0 Å². The number of hydrogen-bond donors (Lipinski definition) is 0. The van der Waals surface area contributed by atoms with Crippen LogP contribution in [0.5, 0.6) is 11.5 Å². The molecule has 2 amide bonds. The van der Waals surface area contributed by atoms with Crippen LogP contribution in [0.4, 0.5) is 0 Å². The monoisotopic (exact) mass is 483 g/mol. The smallest absolute Gasteiger partial charge is 0.311 e. The number of carbonyl (C=O) groups is 3. The molecule has 1 aliphatic rings. The number of amides is 2. The van der Waals surface area contributed by atoms with Gasteiger partial charge in [-0.2, -0.15) is 0 Å². The zero-order valence-corrected chi connectivity index (χ0v) is 21.6. The molecule has 0 atom stereocenters. The van der Waals surface area contributed by atoms with Gasteiger partial charge in [0.15, 0.2) is 0 Å². The molecule has 35 heavy (non-hydrogen) atoms. The Balaban J connectivity index is 1.80. The number of ether oxygens (including phenoxy) is 3. The van der Waals surface area contributed by atoms with Crippen molar-refractivity contribution >= 4 is 28.6 Å². The lowest BCUT2D eigenvalue weighted by Crippen LogP contribution is -2.42. The Hall–Kier alpha value is -3.09. The van der Waals surface area contributed by atoms with Crippen molar-refractivity contribution < 1.29 is 28.6 Å². The van der Waals surface area contributed by atoms with Crippen LogP contribution in [0.15, 0.2) is 24.3 Å². The fourth-order valence-corrected chi connectivity index (χ4v) is 4.18. The van der Waals surface area contributed by atoms with Crippen LogP contribution >= 0.6 is 0 Å². The van der Waals surface area contributed by atoms with Crippen molar-refractivity contribution in [3.05, 3.63) is 35.4 Å². The van der Waals surface area contributed by atoms with Gasteiger partial charge in [0.1, 0.15) is 18.1 Å². The van der Waals surface area contributed by atoms with Gasteiger partial charge < -0.3 is 14.2 Å². The predicted molar refractivity (Wildman–Crippen MR) is 135 cm³/mol. The highest BCUT2D eigenvalue weighted by Gasteiger charge is 2.35. The second kappa shape index (κ2) is 11.6. The number of unbranched alkanes of at least 4 members (excludes halogenated alkanes) is 5. The van der Waals surface area contributed by atoms with E-state index in [4.69, 9.17) is 14.2 Å². The minimum atomic E-state index is -0.656. The molecule has 1 aliphatic heterocycles. The molecule has 190 valence electrons. The topological polar surface area (TPSA) is 82.1 Å². The molecule has 0 unspecified atom stereocenters. The zero-order chi connectivity index (χ0) is 25.6. The van der Waals surface area contributed by atoms with Gasteiger partial charge in [0.05, 0.1) is 31.1 Å². The first-order valence-corrected chi connectivity index (χ1v) is 12.5. The maximum absolute atomic E-state index is 13.3. The Labute approximate surface area is 207 Å². The molecule has 0 aromatic heterocycles. The molecule has 2 aromatic rings. The third-order valence-electron chi connectivity index (χ3n) is 6.17. The molecular formula is C28H37NO6. The maximum atomic E-state index is 13.3. The lowest BCUT2D eigenvalue weighted by atomic mass is 9.93. The van der Waals surface area contributed by atoms with Gasteiger partial charge in [0, 0.05) is 16.5 Å². The van der Waals surface area contributed by atoms with E-state index in [1.165, 1.54) is 25.7 Å². The molecular weight excluding hydrogens is 446 g/mol. The Bertz CT molecular complexity index is 1060. The van der Waals surface area contributed by atoms with Crippen LogP contribution < -0.4 is 9.47 Å². The van der Waals surface area contributed by atoms with E-state index in [1.54, 1.807) is 52.1 Å². The van der Waals surface area contributed by atoms with E-state index in [2.05, 4.69) is 6.92 Å². The largest absolute Gasteiger partial charge is 0.496 e. The lowest BCUT2D eigenvalue weighted by Gasteiger charge is -2.28. The quantitative estimate of drug-likeness (QED) is 0.216. The van der Waals surface area contributed by atoms with Crippen molar-refractivity contribution in [2.24, 2.45) is 5.41 Å². The van der Waals surface area contributed by atoms with Crippen LogP contribution in [0.2, 0.25) is 0 Å². The first-order chi connectivity index (χ1) is 16.7. The second-order valence-electron chi connectivity index (χ2n) is 9.94. The average Bonchev–Trinajstić information content (AvgIpc) is 2.83. The summed E-state index contributed by atoms with van der Waals surface area (Å²) < 4.78 is 16.9. The third-order valence-corrected chi connectivity index (χ3v) is 6.17. The summed E-state index contributed by atoms with van der Waals surface area (Å²) in [7, 11) is 1.56. The minimum Gasteiger partial charge on any atom is -0.496 e. The maximum Gasteiger partial charge on any atom is 0.311 e. The van der Waals surface area contributed by atoms with E-state index in [1.807, 2.05) is 0 Å². The van der Waals surface area contributed by atoms with Gasteiger partial charge in [0.25, 0.3) is 11.8 Å². The molecule has 0 saturated heterocycles. The van der Waals surface area contributed by atoms with Crippen molar-refractivity contribution in [3.8, 4) is 11.5 Å². The van der Waals surface area contributed by atoms with Crippen LogP contribution in [0.1, 0.15) is 86.9 Å². The second-order valence-corrected chi connectivity index (χ2v) is 9.94. The number of esters is 1. The number of hydrogen-bond acceptors (Lipinski definition) is 6. The van der Waals surface area contributed by atoms with Gasteiger partial charge in [-0.3, -0.25) is 19.3 Å². The van der Waals surface area contributed by atoms with Crippen LogP contribution in [-0.4, -0.2) is 49.6 Å². The van der Waals surface area contributed by atoms with Crippen LogP contribution in [0, 0.1) is 5.41 Å². The molecule has 0 fully saturated rings. The van der Waals surface area contributed by atoms with Crippen molar-refractivity contribution in [2.75, 3.05) is 26.9 Å². The molecule has 2 aromatic carbocycles. The number of nitrogens with zero attached hydrogens (tertiary/aromatic N) is 1. The normalized spacial score (nSPS) is 13.3. The molecule has 7 heteroatoms. The molecule has 0 radical (unpaired) electrons. The van der Waals surface area contributed by atoms with Gasteiger partial charge in [-0.15, -0.1) is 0 Å². The van der Waals surface area contributed by atoms with E-state index >= 15 is 0 Å². The lowest BCUT2D eigenvalue weighted by molar-refractivity contribution is -0.153. The van der Waals surface area contributed by atoms with Crippen LogP contribution in [0.3, 0.4) is 0 Å². The van der Waals surface area contributed by atoms with Crippen molar-refractivity contribution in [1.29, 1.82) is 0 Å². The van der Waals surface area contributed by atoms with Crippen LogP contribution in [-0.2, 0) is 9.53 Å². The van der Waals surface area contributed by atoms with E-state index < -0.39 is 17.2 Å². The van der Waals surface area contributed by atoms with E-state index in [0.29, 0.717) is 40.0 Å². The van der Waals surface area contributed by atoms with Gasteiger partial charge in [0.2, 0.25) is 0 Å². The van der Waals surface area contributed by atoms with Crippen molar-refractivity contribution in [2.45, 2.75) is 66.2 Å². The zero-order valence-electron chi connectivity index (χ0n) is 21.6. The Morgan fingerprint density at radius 3 is 2.03 bits per heavy atom. The molecule has 7 nitrogen and oxygen atoms in total.